The monoisotopic (exact) mass is 375 g/mol. The van der Waals surface area contributed by atoms with Crippen LogP contribution in [0.4, 0.5) is 4.39 Å². The molecule has 0 saturated carbocycles. The summed E-state index contributed by atoms with van der Waals surface area (Å²) >= 11 is 0. The zero-order valence-corrected chi connectivity index (χ0v) is 15.0. The first kappa shape index (κ1) is 17.1. The first-order chi connectivity index (χ1) is 12.5. The van der Waals surface area contributed by atoms with E-state index in [4.69, 9.17) is 0 Å². The third kappa shape index (κ3) is 3.35. The van der Waals surface area contributed by atoms with Gasteiger partial charge >= 0.3 is 0 Å². The Labute approximate surface area is 151 Å². The second kappa shape index (κ2) is 6.79. The minimum atomic E-state index is -3.56. The van der Waals surface area contributed by atoms with Crippen LogP contribution in [0.3, 0.4) is 0 Å². The van der Waals surface area contributed by atoms with E-state index in [1.807, 2.05) is 35.0 Å². The zero-order chi connectivity index (χ0) is 18.1. The number of halogens is 1. The molecule has 1 aliphatic heterocycles. The van der Waals surface area contributed by atoms with Crippen LogP contribution in [0, 0.1) is 5.82 Å². The molecule has 0 radical (unpaired) electrons. The normalized spacial score (nSPS) is 17.0. The molecule has 1 aromatic carbocycles. The van der Waals surface area contributed by atoms with Crippen LogP contribution < -0.4 is 4.90 Å². The van der Waals surface area contributed by atoms with E-state index in [2.05, 4.69) is 4.98 Å². The molecule has 3 aromatic rings. The average molecular weight is 375 g/mol. The van der Waals surface area contributed by atoms with Crippen molar-refractivity contribution in [2.75, 3.05) is 26.2 Å². The van der Waals surface area contributed by atoms with Gasteiger partial charge in [0.2, 0.25) is 10.0 Å². The van der Waals surface area contributed by atoms with Gasteiger partial charge in [-0.05, 0) is 36.4 Å². The SMILES string of the molecule is O=S(=O)(c1ccc(F)cc1)N1CC[NH+](Cc2cn3ccccc3n2)CC1. The van der Waals surface area contributed by atoms with Crippen molar-refractivity contribution in [2.45, 2.75) is 11.4 Å². The molecule has 1 saturated heterocycles. The lowest BCUT2D eigenvalue weighted by Crippen LogP contribution is -3.13. The molecule has 0 unspecified atom stereocenters. The lowest BCUT2D eigenvalue weighted by atomic mass is 10.3. The number of rotatable bonds is 4. The topological polar surface area (TPSA) is 59.1 Å². The molecule has 0 spiro atoms. The summed E-state index contributed by atoms with van der Waals surface area (Å²) in [6, 6.07) is 10.9. The minimum absolute atomic E-state index is 0.141. The number of fused-ring (bicyclic) bond motifs is 1. The van der Waals surface area contributed by atoms with E-state index < -0.39 is 15.8 Å². The molecule has 0 amide bonds. The fraction of sp³-hybridized carbons (Fsp3) is 0.278. The average Bonchev–Trinajstić information content (AvgIpc) is 3.05. The van der Waals surface area contributed by atoms with Crippen molar-refractivity contribution in [3.63, 3.8) is 0 Å². The Morgan fingerprint density at radius 2 is 1.81 bits per heavy atom. The van der Waals surface area contributed by atoms with Crippen LogP contribution in [-0.4, -0.2) is 48.3 Å². The van der Waals surface area contributed by atoms with E-state index in [0.717, 1.165) is 17.9 Å². The van der Waals surface area contributed by atoms with Gasteiger partial charge in [-0.15, -0.1) is 0 Å². The summed E-state index contributed by atoms with van der Waals surface area (Å²) < 4.78 is 41.8. The Hall–Kier alpha value is -2.29. The van der Waals surface area contributed by atoms with Crippen molar-refractivity contribution in [1.29, 1.82) is 0 Å². The number of hydrogen-bond donors (Lipinski definition) is 1. The first-order valence-electron chi connectivity index (χ1n) is 8.54. The number of benzene rings is 1. The fourth-order valence-electron chi connectivity index (χ4n) is 3.30. The third-order valence-corrected chi connectivity index (χ3v) is 6.64. The number of hydrogen-bond acceptors (Lipinski definition) is 3. The molecule has 6 nitrogen and oxygen atoms in total. The molecule has 0 atom stereocenters. The molecule has 2 aromatic heterocycles. The number of sulfonamides is 1. The Morgan fingerprint density at radius 1 is 1.08 bits per heavy atom. The van der Waals surface area contributed by atoms with Gasteiger partial charge in [-0.25, -0.2) is 17.8 Å². The van der Waals surface area contributed by atoms with E-state index in [0.29, 0.717) is 26.2 Å². The van der Waals surface area contributed by atoms with Crippen LogP contribution in [-0.2, 0) is 16.6 Å². The van der Waals surface area contributed by atoms with Gasteiger partial charge in [-0.2, -0.15) is 4.31 Å². The van der Waals surface area contributed by atoms with E-state index in [-0.39, 0.29) is 4.90 Å². The summed E-state index contributed by atoms with van der Waals surface area (Å²) in [4.78, 5) is 6.05. The summed E-state index contributed by atoms with van der Waals surface area (Å²) in [6.45, 7) is 3.10. The van der Waals surface area contributed by atoms with Crippen LogP contribution in [0.15, 0.2) is 59.8 Å². The fourth-order valence-corrected chi connectivity index (χ4v) is 4.75. The number of imidazole rings is 1. The van der Waals surface area contributed by atoms with E-state index in [1.165, 1.54) is 33.5 Å². The van der Waals surface area contributed by atoms with Gasteiger partial charge in [-0.1, -0.05) is 6.07 Å². The maximum atomic E-state index is 13.0. The van der Waals surface area contributed by atoms with Crippen molar-refractivity contribution >= 4 is 15.7 Å². The van der Waals surface area contributed by atoms with E-state index in [1.54, 1.807) is 0 Å². The standard InChI is InChI=1S/C18H19FN4O2S/c19-15-4-6-17(7-5-15)26(24,25)23-11-9-21(10-12-23)13-16-14-22-8-2-1-3-18(22)20-16/h1-8,14H,9-13H2/p+1. The molecule has 8 heteroatoms. The number of quaternary nitrogens is 1. The van der Waals surface area contributed by atoms with Crippen molar-refractivity contribution < 1.29 is 17.7 Å². The maximum Gasteiger partial charge on any atom is 0.243 e. The predicted octanol–water partition coefficient (Wildman–Crippen LogP) is 0.563. The highest BCUT2D eigenvalue weighted by molar-refractivity contribution is 7.89. The largest absolute Gasteiger partial charge is 0.328 e. The predicted molar refractivity (Wildman–Crippen MR) is 94.8 cm³/mol. The van der Waals surface area contributed by atoms with Gasteiger partial charge in [-0.3, -0.25) is 0 Å². The number of nitrogens with one attached hydrogen (secondary N) is 1. The van der Waals surface area contributed by atoms with Gasteiger partial charge < -0.3 is 9.30 Å². The van der Waals surface area contributed by atoms with Crippen molar-refractivity contribution in [3.8, 4) is 0 Å². The Bertz CT molecular complexity index is 976. The quantitative estimate of drug-likeness (QED) is 0.725. The molecule has 0 bridgehead atoms. The van der Waals surface area contributed by atoms with E-state index in [9.17, 15) is 12.8 Å². The van der Waals surface area contributed by atoms with Gasteiger partial charge in [0.25, 0.3) is 0 Å². The van der Waals surface area contributed by atoms with Crippen molar-refractivity contribution in [2.24, 2.45) is 0 Å². The highest BCUT2D eigenvalue weighted by Gasteiger charge is 2.30. The summed E-state index contributed by atoms with van der Waals surface area (Å²) in [5, 5.41) is 0. The highest BCUT2D eigenvalue weighted by Crippen LogP contribution is 2.16. The summed E-state index contributed by atoms with van der Waals surface area (Å²) in [5.41, 5.74) is 1.92. The molecule has 1 N–H and O–H groups in total. The van der Waals surface area contributed by atoms with Crippen LogP contribution in [0.2, 0.25) is 0 Å². The van der Waals surface area contributed by atoms with Crippen molar-refractivity contribution in [1.82, 2.24) is 13.7 Å². The molecule has 1 aliphatic rings. The van der Waals surface area contributed by atoms with Crippen molar-refractivity contribution in [3.05, 3.63) is 66.4 Å². The second-order valence-electron chi connectivity index (χ2n) is 6.48. The summed E-state index contributed by atoms with van der Waals surface area (Å²) in [6.07, 6.45) is 3.98. The van der Waals surface area contributed by atoms with E-state index >= 15 is 0 Å². The summed E-state index contributed by atoms with van der Waals surface area (Å²) in [7, 11) is -3.56. The lowest BCUT2D eigenvalue weighted by Gasteiger charge is -2.31. The number of aromatic nitrogens is 2. The highest BCUT2D eigenvalue weighted by atomic mass is 32.2. The van der Waals surface area contributed by atoms with Gasteiger partial charge in [0, 0.05) is 12.4 Å². The third-order valence-electron chi connectivity index (χ3n) is 4.73. The van der Waals surface area contributed by atoms with Gasteiger partial charge in [0.15, 0.2) is 0 Å². The van der Waals surface area contributed by atoms with Gasteiger partial charge in [0.05, 0.1) is 31.1 Å². The number of pyridine rings is 1. The molecule has 26 heavy (non-hydrogen) atoms. The Kier molecular flexibility index (Phi) is 4.47. The molecule has 136 valence electrons. The molecular weight excluding hydrogens is 355 g/mol. The number of nitrogens with zero attached hydrogens (tertiary/aromatic N) is 3. The molecule has 0 aliphatic carbocycles. The number of piperazine rings is 1. The Morgan fingerprint density at radius 3 is 2.50 bits per heavy atom. The lowest BCUT2D eigenvalue weighted by molar-refractivity contribution is -0.917. The second-order valence-corrected chi connectivity index (χ2v) is 8.42. The van der Waals surface area contributed by atoms with Crippen LogP contribution in [0.5, 0.6) is 0 Å². The summed E-state index contributed by atoms with van der Waals surface area (Å²) in [5.74, 6) is -0.439. The maximum absolute atomic E-state index is 13.0. The van der Waals surface area contributed by atoms with Crippen LogP contribution >= 0.6 is 0 Å². The molecule has 1 fully saturated rings. The first-order valence-corrected chi connectivity index (χ1v) is 9.98. The van der Waals surface area contributed by atoms with Gasteiger partial charge in [0.1, 0.15) is 23.7 Å². The molecular formula is C18H20FN4O2S+. The molecule has 4 rings (SSSR count). The van der Waals surface area contributed by atoms with Crippen LogP contribution in [0.25, 0.3) is 5.65 Å². The Balaban J connectivity index is 1.41. The smallest absolute Gasteiger partial charge is 0.243 e. The zero-order valence-electron chi connectivity index (χ0n) is 14.2. The van der Waals surface area contributed by atoms with Crippen LogP contribution in [0.1, 0.15) is 5.69 Å². The molecule has 3 heterocycles. The minimum Gasteiger partial charge on any atom is -0.328 e.